The van der Waals surface area contributed by atoms with Crippen molar-refractivity contribution in [2.24, 2.45) is 0 Å². The number of rotatable bonds is 1. The molecule has 0 saturated carbocycles. The Morgan fingerprint density at radius 2 is 2.54 bits per heavy atom. The lowest BCUT2D eigenvalue weighted by Crippen LogP contribution is -1.89. The van der Waals surface area contributed by atoms with Crippen LogP contribution in [0.2, 0.25) is 0 Å². The van der Waals surface area contributed by atoms with E-state index < -0.39 is 5.82 Å². The van der Waals surface area contributed by atoms with Crippen LogP contribution in [0.5, 0.6) is 5.75 Å². The van der Waals surface area contributed by atoms with Gasteiger partial charge in [-0.15, -0.1) is 0 Å². The smallest absolute Gasteiger partial charge is 0.181 e. The van der Waals surface area contributed by atoms with E-state index in [2.05, 4.69) is 4.98 Å². The average Bonchev–Trinajstić information content (AvgIpc) is 2.47. The number of methoxy groups -OCH3 is 1. The van der Waals surface area contributed by atoms with Crippen LogP contribution in [0, 0.1) is 5.82 Å². The van der Waals surface area contributed by atoms with E-state index in [4.69, 9.17) is 11.8 Å². The number of hydrogen-bond donors (Lipinski definition) is 1. The lowest BCUT2D eigenvalue weighted by molar-refractivity contribution is 0.391. The number of fused-ring (bicyclic) bond motifs is 1. The number of hydrogen-bond acceptors (Lipinski definition) is 4. The Labute approximate surface area is 79.4 Å². The van der Waals surface area contributed by atoms with Gasteiger partial charge in [0.25, 0.3) is 0 Å². The molecule has 13 heavy (non-hydrogen) atoms. The molecule has 0 radical (unpaired) electrons. The molecular weight excluding hydrogens is 191 g/mol. The molecule has 0 aliphatic heterocycles. The van der Waals surface area contributed by atoms with Crippen molar-refractivity contribution in [2.45, 2.75) is 0 Å². The van der Waals surface area contributed by atoms with Gasteiger partial charge in [-0.05, 0) is 12.1 Å². The largest absolute Gasteiger partial charge is 0.491 e. The maximum absolute atomic E-state index is 13.4. The summed E-state index contributed by atoms with van der Waals surface area (Å²) in [6, 6.07) is 1.18. The molecule has 0 fully saturated rings. The molecule has 2 aromatic rings. The predicted molar refractivity (Wildman–Crippen MR) is 50.5 cm³/mol. The summed E-state index contributed by atoms with van der Waals surface area (Å²) in [6.45, 7) is 0. The highest BCUT2D eigenvalue weighted by atomic mass is 32.1. The van der Waals surface area contributed by atoms with Gasteiger partial charge in [0.2, 0.25) is 0 Å². The fourth-order valence-corrected chi connectivity index (χ4v) is 1.81. The molecule has 3 nitrogen and oxygen atoms in total. The van der Waals surface area contributed by atoms with Gasteiger partial charge in [-0.3, -0.25) is 0 Å². The van der Waals surface area contributed by atoms with Crippen molar-refractivity contribution < 1.29 is 10.5 Å². The van der Waals surface area contributed by atoms with E-state index in [1.165, 1.54) is 24.5 Å². The van der Waals surface area contributed by atoms with Crippen LogP contribution in [0.4, 0.5) is 9.52 Å². The zero-order valence-corrected chi connectivity index (χ0v) is 7.61. The second-order valence-electron chi connectivity index (χ2n) is 2.40. The molecule has 0 spiro atoms. The van der Waals surface area contributed by atoms with Gasteiger partial charge in [0.05, 0.1) is 13.2 Å². The summed E-state index contributed by atoms with van der Waals surface area (Å²) in [5, 5.41) is 0.336. The Kier molecular flexibility index (Phi) is 1.55. The van der Waals surface area contributed by atoms with Crippen molar-refractivity contribution in [2.75, 3.05) is 12.8 Å². The molecule has 2 rings (SSSR count). The summed E-state index contributed by atoms with van der Waals surface area (Å²) in [4.78, 5) is 3.93. The van der Waals surface area contributed by atoms with E-state index in [-0.39, 0.29) is 11.8 Å². The van der Waals surface area contributed by atoms with Crippen molar-refractivity contribution >= 4 is 26.7 Å². The Morgan fingerprint density at radius 1 is 1.77 bits per heavy atom. The topological polar surface area (TPSA) is 48.1 Å². The van der Waals surface area contributed by atoms with E-state index in [1.54, 1.807) is 0 Å². The van der Waals surface area contributed by atoms with Crippen LogP contribution in [-0.2, 0) is 0 Å². The van der Waals surface area contributed by atoms with Gasteiger partial charge in [-0.2, -0.15) is 0 Å². The van der Waals surface area contributed by atoms with Gasteiger partial charge in [-0.25, -0.2) is 9.37 Å². The highest BCUT2D eigenvalue weighted by molar-refractivity contribution is 7.22. The molecule has 1 heterocycles. The van der Waals surface area contributed by atoms with Gasteiger partial charge in [0.15, 0.2) is 16.7 Å². The highest BCUT2D eigenvalue weighted by Gasteiger charge is 2.11. The summed E-state index contributed by atoms with van der Waals surface area (Å²) in [7, 11) is 1.34. The van der Waals surface area contributed by atoms with Crippen molar-refractivity contribution in [3.05, 3.63) is 17.9 Å². The molecule has 1 aromatic carbocycles. The second-order valence-corrected chi connectivity index (χ2v) is 3.46. The summed E-state index contributed by atoms with van der Waals surface area (Å²) in [6.07, 6.45) is 0. The molecule has 5 heteroatoms. The number of benzene rings is 1. The zero-order chi connectivity index (χ0) is 10.3. The third-order valence-electron chi connectivity index (χ3n) is 1.62. The van der Waals surface area contributed by atoms with E-state index in [0.717, 1.165) is 0 Å². The Morgan fingerprint density at radius 3 is 3.23 bits per heavy atom. The molecule has 0 saturated heterocycles. The highest BCUT2D eigenvalue weighted by Crippen LogP contribution is 2.32. The predicted octanol–water partition coefficient (Wildman–Crippen LogP) is 2.03. The van der Waals surface area contributed by atoms with Crippen molar-refractivity contribution in [1.82, 2.24) is 4.98 Å². The molecule has 0 bridgehead atoms. The lowest BCUT2D eigenvalue weighted by atomic mass is 10.3. The normalized spacial score (nSPS) is 11.7. The quantitative estimate of drug-likeness (QED) is 0.764. The van der Waals surface area contributed by atoms with E-state index >= 15 is 0 Å². The summed E-state index contributed by atoms with van der Waals surface area (Å²) >= 11 is 1.20. The number of thiazole rings is 1. The first-order valence-corrected chi connectivity index (χ1v) is 4.34. The minimum atomic E-state index is -0.703. The fraction of sp³-hybridized carbons (Fsp3) is 0.125. The molecule has 68 valence electrons. The number of anilines is 1. The Bertz CT molecular complexity index is 500. The maximum Gasteiger partial charge on any atom is 0.181 e. The number of nitrogens with two attached hydrogens (primary N) is 1. The monoisotopic (exact) mass is 199 g/mol. The van der Waals surface area contributed by atoms with Gasteiger partial charge in [0, 0.05) is 0 Å². The summed E-state index contributed by atoms with van der Waals surface area (Å²) in [5.41, 5.74) is 5.86. The second kappa shape index (κ2) is 2.85. The van der Waals surface area contributed by atoms with E-state index in [0.29, 0.717) is 15.3 Å². The van der Waals surface area contributed by atoms with E-state index in [1.807, 2.05) is 0 Å². The molecular formula is C8H7FN2OS. The first-order chi connectivity index (χ1) is 6.63. The fourth-order valence-electron chi connectivity index (χ4n) is 1.09. The zero-order valence-electron chi connectivity index (χ0n) is 7.80. The number of halogens is 1. The third-order valence-corrected chi connectivity index (χ3v) is 2.45. The first kappa shape index (κ1) is 7.08. The molecule has 0 aliphatic carbocycles. The molecule has 0 atom stereocenters. The molecule has 2 N–H and O–H groups in total. The van der Waals surface area contributed by atoms with Crippen LogP contribution >= 0.6 is 11.3 Å². The summed E-state index contributed by atoms with van der Waals surface area (Å²) < 4.78 is 26.2. The van der Waals surface area contributed by atoms with Gasteiger partial charge >= 0.3 is 0 Å². The van der Waals surface area contributed by atoms with Crippen molar-refractivity contribution in [3.8, 4) is 5.75 Å². The Hall–Kier alpha value is -1.36. The number of nitrogens with zero attached hydrogens (tertiary/aromatic N) is 1. The molecule has 0 aliphatic rings. The number of nitrogen functional groups attached to an aromatic ring is 1. The first-order valence-electron chi connectivity index (χ1n) is 4.02. The number of ether oxygens (including phenoxy) is 1. The summed E-state index contributed by atoms with van der Waals surface area (Å²) in [5.74, 6) is -0.717. The van der Waals surface area contributed by atoms with Crippen LogP contribution in [0.3, 0.4) is 0 Å². The van der Waals surface area contributed by atoms with Crippen LogP contribution < -0.4 is 10.5 Å². The minimum Gasteiger partial charge on any atom is -0.491 e. The average molecular weight is 199 g/mol. The van der Waals surface area contributed by atoms with Gasteiger partial charge < -0.3 is 10.5 Å². The molecule has 0 amide bonds. The van der Waals surface area contributed by atoms with Crippen molar-refractivity contribution in [3.63, 3.8) is 0 Å². The van der Waals surface area contributed by atoms with Crippen LogP contribution in [-0.4, -0.2) is 12.1 Å². The lowest BCUT2D eigenvalue weighted by Gasteiger charge is -2.00. The SMILES string of the molecule is [2H]c1cc2sc(N)nc2c(OC)c1F. The standard InChI is InChI=1S/C8H7FN2OS/c1-12-7-4(9)2-3-5-6(7)11-8(10)13-5/h2-3H,1H3,(H2,10,11)/i2D. The number of aromatic nitrogens is 1. The molecule has 0 unspecified atom stereocenters. The van der Waals surface area contributed by atoms with Crippen molar-refractivity contribution in [1.29, 1.82) is 0 Å². The van der Waals surface area contributed by atoms with Crippen LogP contribution in [0.1, 0.15) is 1.37 Å². The van der Waals surface area contributed by atoms with Crippen LogP contribution in [0.25, 0.3) is 10.2 Å². The van der Waals surface area contributed by atoms with E-state index in [9.17, 15) is 4.39 Å². The van der Waals surface area contributed by atoms with Gasteiger partial charge in [0.1, 0.15) is 5.52 Å². The minimum absolute atomic E-state index is 0.0135. The van der Waals surface area contributed by atoms with Gasteiger partial charge in [-0.1, -0.05) is 11.3 Å². The Balaban J connectivity index is 2.87. The maximum atomic E-state index is 13.4. The van der Waals surface area contributed by atoms with Crippen LogP contribution in [0.15, 0.2) is 12.1 Å². The third kappa shape index (κ3) is 1.21. The molecule has 1 aromatic heterocycles.